The van der Waals surface area contributed by atoms with E-state index in [1.54, 1.807) is 0 Å². The molecule has 7 heteroatoms. The zero-order chi connectivity index (χ0) is 15.2. The lowest BCUT2D eigenvalue weighted by molar-refractivity contribution is -0.113. The topological polar surface area (TPSA) is 42.0 Å². The molecule has 0 fully saturated rings. The number of thioether (sulfide) groups is 1. The maximum absolute atomic E-state index is 11.8. The van der Waals surface area contributed by atoms with Gasteiger partial charge in [0.1, 0.15) is 0 Å². The van der Waals surface area contributed by atoms with Crippen LogP contribution in [0, 0.1) is 0 Å². The molecule has 0 aliphatic heterocycles. The summed E-state index contributed by atoms with van der Waals surface area (Å²) in [7, 11) is 0. The number of nitrogens with zero attached hydrogens (tertiary/aromatic N) is 1. The van der Waals surface area contributed by atoms with Crippen molar-refractivity contribution in [2.45, 2.75) is 5.75 Å². The van der Waals surface area contributed by atoms with Crippen LogP contribution < -0.4 is 5.32 Å². The molecular weight excluding hydrogens is 351 g/mol. The molecule has 0 unspecified atom stereocenters. The maximum atomic E-state index is 11.8. The number of halogens is 3. The van der Waals surface area contributed by atoms with Gasteiger partial charge in [0.25, 0.3) is 0 Å². The van der Waals surface area contributed by atoms with Crippen LogP contribution in [-0.2, 0) is 10.5 Å². The Morgan fingerprint density at radius 2 is 2.00 bits per heavy atom. The quantitative estimate of drug-likeness (QED) is 0.822. The number of hydrogen-bond donors (Lipinski definition) is 1. The lowest BCUT2D eigenvalue weighted by Crippen LogP contribution is -2.15. The molecule has 0 saturated carbocycles. The highest BCUT2D eigenvalue weighted by atomic mass is 35.5. The maximum Gasteiger partial charge on any atom is 0.235 e. The van der Waals surface area contributed by atoms with E-state index in [0.29, 0.717) is 32.4 Å². The molecule has 0 aliphatic carbocycles. The summed E-state index contributed by atoms with van der Waals surface area (Å²) in [5, 5.41) is 4.08. The lowest BCUT2D eigenvalue weighted by atomic mass is 10.2. The summed E-state index contributed by atoms with van der Waals surface area (Å²) in [5.41, 5.74) is 1.07. The van der Waals surface area contributed by atoms with Crippen molar-refractivity contribution in [1.82, 2.24) is 4.98 Å². The van der Waals surface area contributed by atoms with E-state index < -0.39 is 0 Å². The van der Waals surface area contributed by atoms with Crippen molar-refractivity contribution < 1.29 is 4.79 Å². The summed E-state index contributed by atoms with van der Waals surface area (Å²) in [6.45, 7) is 0. The first-order valence-corrected chi connectivity index (χ1v) is 8.26. The third-order valence-corrected chi connectivity index (χ3v) is 4.19. The van der Waals surface area contributed by atoms with E-state index in [9.17, 15) is 4.79 Å². The van der Waals surface area contributed by atoms with Gasteiger partial charge < -0.3 is 5.32 Å². The normalized spacial score (nSPS) is 10.4. The van der Waals surface area contributed by atoms with Crippen molar-refractivity contribution in [3.8, 4) is 0 Å². The predicted molar refractivity (Wildman–Crippen MR) is 90.5 cm³/mol. The summed E-state index contributed by atoms with van der Waals surface area (Å²) in [5.74, 6) is 1.15. The molecule has 110 valence electrons. The molecule has 2 aromatic rings. The Kier molecular flexibility index (Phi) is 6.18. The minimum absolute atomic E-state index is 0.168. The Balaban J connectivity index is 1.82. The van der Waals surface area contributed by atoms with Crippen molar-refractivity contribution in [1.29, 1.82) is 0 Å². The number of carbonyl (C=O) groups excluding carboxylic acids is 1. The first kappa shape index (κ1) is 16.4. The Morgan fingerprint density at radius 3 is 2.71 bits per heavy atom. The minimum Gasteiger partial charge on any atom is -0.309 e. The van der Waals surface area contributed by atoms with E-state index in [1.165, 1.54) is 24.0 Å². The number of amides is 1. The highest BCUT2D eigenvalue weighted by molar-refractivity contribution is 7.99. The van der Waals surface area contributed by atoms with Gasteiger partial charge in [0.05, 0.1) is 15.8 Å². The number of rotatable bonds is 5. The first-order valence-electron chi connectivity index (χ1n) is 5.97. The van der Waals surface area contributed by atoms with Gasteiger partial charge in [-0.1, -0.05) is 46.9 Å². The van der Waals surface area contributed by atoms with E-state index in [-0.39, 0.29) is 5.91 Å². The van der Waals surface area contributed by atoms with Crippen LogP contribution in [0.5, 0.6) is 0 Å². The first-order chi connectivity index (χ1) is 10.0. The SMILES string of the molecule is O=C(CSCc1cccc(Cl)c1)Nc1ncc(Cl)cc1Cl. The second-order valence-corrected chi connectivity index (χ2v) is 6.42. The molecule has 0 aliphatic rings. The zero-order valence-corrected chi connectivity index (χ0v) is 13.9. The van der Waals surface area contributed by atoms with Crippen LogP contribution in [-0.4, -0.2) is 16.6 Å². The minimum atomic E-state index is -0.168. The number of aromatic nitrogens is 1. The van der Waals surface area contributed by atoms with Crippen LogP contribution in [0.2, 0.25) is 15.1 Å². The summed E-state index contributed by atoms with van der Waals surface area (Å²) < 4.78 is 0. The van der Waals surface area contributed by atoms with Crippen LogP contribution >= 0.6 is 46.6 Å². The second kappa shape index (κ2) is 7.90. The van der Waals surface area contributed by atoms with Crippen LogP contribution in [0.3, 0.4) is 0 Å². The summed E-state index contributed by atoms with van der Waals surface area (Å²) in [6, 6.07) is 9.08. The molecule has 1 aromatic heterocycles. The molecule has 21 heavy (non-hydrogen) atoms. The highest BCUT2D eigenvalue weighted by Gasteiger charge is 2.08. The van der Waals surface area contributed by atoms with Gasteiger partial charge in [0.15, 0.2) is 5.82 Å². The Hall–Kier alpha value is -0.940. The van der Waals surface area contributed by atoms with E-state index in [0.717, 1.165) is 5.56 Å². The summed E-state index contributed by atoms with van der Waals surface area (Å²) in [4.78, 5) is 15.8. The second-order valence-electron chi connectivity index (χ2n) is 4.15. The van der Waals surface area contributed by atoms with Crippen molar-refractivity contribution in [2.75, 3.05) is 11.1 Å². The van der Waals surface area contributed by atoms with Gasteiger partial charge in [-0.05, 0) is 23.8 Å². The van der Waals surface area contributed by atoms with Crippen molar-refractivity contribution in [3.05, 3.63) is 57.2 Å². The summed E-state index contributed by atoms with van der Waals surface area (Å²) in [6.07, 6.45) is 1.43. The molecule has 0 bridgehead atoms. The van der Waals surface area contributed by atoms with Gasteiger partial charge >= 0.3 is 0 Å². The smallest absolute Gasteiger partial charge is 0.235 e. The number of benzene rings is 1. The van der Waals surface area contributed by atoms with Crippen LogP contribution in [0.15, 0.2) is 36.5 Å². The third-order valence-electron chi connectivity index (χ3n) is 2.46. The third kappa shape index (κ3) is 5.40. The molecule has 0 saturated heterocycles. The fraction of sp³-hybridized carbons (Fsp3) is 0.143. The molecule has 0 atom stereocenters. The number of pyridine rings is 1. The molecular formula is C14H11Cl3N2OS. The van der Waals surface area contributed by atoms with Crippen LogP contribution in [0.25, 0.3) is 0 Å². The van der Waals surface area contributed by atoms with Gasteiger partial charge in [0, 0.05) is 17.0 Å². The van der Waals surface area contributed by atoms with Crippen molar-refractivity contribution in [2.24, 2.45) is 0 Å². The molecule has 3 nitrogen and oxygen atoms in total. The summed E-state index contributed by atoms with van der Waals surface area (Å²) >= 11 is 19.1. The van der Waals surface area contributed by atoms with Crippen molar-refractivity contribution >= 4 is 58.3 Å². The van der Waals surface area contributed by atoms with Gasteiger partial charge in [-0.25, -0.2) is 4.98 Å². The molecule has 1 heterocycles. The van der Waals surface area contributed by atoms with E-state index in [1.807, 2.05) is 24.3 Å². The molecule has 1 aromatic carbocycles. The molecule has 0 radical (unpaired) electrons. The number of anilines is 1. The van der Waals surface area contributed by atoms with Gasteiger partial charge in [0.2, 0.25) is 5.91 Å². The zero-order valence-electron chi connectivity index (χ0n) is 10.8. The Labute approximate surface area is 142 Å². The van der Waals surface area contributed by atoms with E-state index >= 15 is 0 Å². The van der Waals surface area contributed by atoms with Crippen molar-refractivity contribution in [3.63, 3.8) is 0 Å². The van der Waals surface area contributed by atoms with Crippen LogP contribution in [0.1, 0.15) is 5.56 Å². The predicted octanol–water partition coefficient (Wildman–Crippen LogP) is 4.91. The average molecular weight is 362 g/mol. The monoisotopic (exact) mass is 360 g/mol. The van der Waals surface area contributed by atoms with Gasteiger partial charge in [-0.15, -0.1) is 11.8 Å². The highest BCUT2D eigenvalue weighted by Crippen LogP contribution is 2.23. The van der Waals surface area contributed by atoms with E-state index in [2.05, 4.69) is 10.3 Å². The fourth-order valence-electron chi connectivity index (χ4n) is 1.56. The van der Waals surface area contributed by atoms with Crippen LogP contribution in [0.4, 0.5) is 5.82 Å². The average Bonchev–Trinajstić information content (AvgIpc) is 2.42. The largest absolute Gasteiger partial charge is 0.309 e. The number of carbonyl (C=O) groups is 1. The lowest BCUT2D eigenvalue weighted by Gasteiger charge is -2.06. The number of hydrogen-bond acceptors (Lipinski definition) is 3. The Morgan fingerprint density at radius 1 is 1.19 bits per heavy atom. The Bertz CT molecular complexity index is 652. The molecule has 1 N–H and O–H groups in total. The molecule has 1 amide bonds. The van der Waals surface area contributed by atoms with E-state index in [4.69, 9.17) is 34.8 Å². The standard InChI is InChI=1S/C14H11Cl3N2OS/c15-10-3-1-2-9(4-10)7-21-8-13(20)19-14-12(17)5-11(16)6-18-14/h1-6H,7-8H2,(H,18,19,20). The van der Waals surface area contributed by atoms with Gasteiger partial charge in [-0.2, -0.15) is 0 Å². The molecule has 0 spiro atoms. The number of nitrogens with one attached hydrogen (secondary N) is 1. The molecule has 2 rings (SSSR count). The van der Waals surface area contributed by atoms with Gasteiger partial charge in [-0.3, -0.25) is 4.79 Å². The fourth-order valence-corrected chi connectivity index (χ4v) is 2.98.